The van der Waals surface area contributed by atoms with Crippen molar-refractivity contribution < 1.29 is 14.3 Å². The van der Waals surface area contributed by atoms with Crippen LogP contribution in [0.4, 0.5) is 0 Å². The lowest BCUT2D eigenvalue weighted by molar-refractivity contribution is -0.123. The highest BCUT2D eigenvalue weighted by Gasteiger charge is 2.11. The molecule has 1 aromatic heterocycles. The minimum Gasteiger partial charge on any atom is -0.483 e. The lowest BCUT2D eigenvalue weighted by atomic mass is 10.0. The fourth-order valence-corrected chi connectivity index (χ4v) is 3.06. The molecule has 7 nitrogen and oxygen atoms in total. The van der Waals surface area contributed by atoms with E-state index in [1.54, 1.807) is 24.5 Å². The predicted octanol–water partition coefficient (Wildman–Crippen LogP) is 2.99. The number of hydrogen-bond donors (Lipinski definition) is 3. The average molecular weight is 400 g/mol. The molecule has 150 valence electrons. The molecule has 0 bridgehead atoms. The Kier molecular flexibility index (Phi) is 5.70. The maximum absolute atomic E-state index is 12.2. The Balaban J connectivity index is 1.31. The van der Waals surface area contributed by atoms with Gasteiger partial charge in [0.1, 0.15) is 5.75 Å². The van der Waals surface area contributed by atoms with E-state index >= 15 is 0 Å². The van der Waals surface area contributed by atoms with E-state index in [0.29, 0.717) is 17.7 Å². The number of para-hydroxylation sites is 1. The van der Waals surface area contributed by atoms with Crippen LogP contribution in [0.2, 0.25) is 0 Å². The highest BCUT2D eigenvalue weighted by molar-refractivity contribution is 5.98. The SMILES string of the molecule is O=C(COc1ccccc1Cc1ccccc1)NNC(=O)c1ccc2nc[nH]c2c1. The Morgan fingerprint density at radius 1 is 0.933 bits per heavy atom. The van der Waals surface area contributed by atoms with E-state index in [1.165, 1.54) is 0 Å². The van der Waals surface area contributed by atoms with Crippen LogP contribution in [-0.2, 0) is 11.2 Å². The quantitative estimate of drug-likeness (QED) is 0.434. The number of hydrogen-bond acceptors (Lipinski definition) is 4. The molecular formula is C23H20N4O3. The van der Waals surface area contributed by atoms with Gasteiger partial charge < -0.3 is 9.72 Å². The van der Waals surface area contributed by atoms with Crippen LogP contribution in [0.3, 0.4) is 0 Å². The molecule has 0 fully saturated rings. The van der Waals surface area contributed by atoms with Crippen LogP contribution < -0.4 is 15.6 Å². The standard InChI is InChI=1S/C23H20N4O3/c28-22(26-27-23(29)18-10-11-19-20(13-18)25-15-24-19)14-30-21-9-5-4-8-17(21)12-16-6-2-1-3-7-16/h1-11,13,15H,12,14H2,(H,24,25)(H,26,28)(H,27,29). The Hall–Kier alpha value is -4.13. The number of ether oxygens (including phenoxy) is 1. The Morgan fingerprint density at radius 2 is 1.73 bits per heavy atom. The van der Waals surface area contributed by atoms with Crippen LogP contribution in [-0.4, -0.2) is 28.4 Å². The summed E-state index contributed by atoms with van der Waals surface area (Å²) in [5.41, 5.74) is 8.81. The highest BCUT2D eigenvalue weighted by Crippen LogP contribution is 2.21. The second-order valence-electron chi connectivity index (χ2n) is 6.70. The number of H-pyrrole nitrogens is 1. The highest BCUT2D eigenvalue weighted by atomic mass is 16.5. The van der Waals surface area contributed by atoms with E-state index in [9.17, 15) is 9.59 Å². The van der Waals surface area contributed by atoms with Gasteiger partial charge in [-0.15, -0.1) is 0 Å². The second-order valence-corrected chi connectivity index (χ2v) is 6.70. The topological polar surface area (TPSA) is 96.1 Å². The lowest BCUT2D eigenvalue weighted by Gasteiger charge is -2.12. The first kappa shape index (κ1) is 19.2. The molecule has 7 heteroatoms. The fraction of sp³-hybridized carbons (Fsp3) is 0.0870. The van der Waals surface area contributed by atoms with Gasteiger partial charge in [0.15, 0.2) is 6.61 Å². The van der Waals surface area contributed by atoms with Crippen molar-refractivity contribution in [3.05, 3.63) is 95.8 Å². The van der Waals surface area contributed by atoms with Gasteiger partial charge in [-0.2, -0.15) is 0 Å². The van der Waals surface area contributed by atoms with Gasteiger partial charge in [0.05, 0.1) is 17.4 Å². The van der Waals surface area contributed by atoms with E-state index in [1.807, 2.05) is 54.6 Å². The third-order valence-corrected chi connectivity index (χ3v) is 4.57. The van der Waals surface area contributed by atoms with Gasteiger partial charge in [0.25, 0.3) is 11.8 Å². The van der Waals surface area contributed by atoms with Crippen LogP contribution in [0.25, 0.3) is 11.0 Å². The minimum atomic E-state index is -0.458. The van der Waals surface area contributed by atoms with E-state index in [0.717, 1.165) is 22.2 Å². The number of carbonyl (C=O) groups is 2. The Morgan fingerprint density at radius 3 is 2.60 bits per heavy atom. The molecule has 0 saturated carbocycles. The zero-order valence-electron chi connectivity index (χ0n) is 16.1. The van der Waals surface area contributed by atoms with E-state index in [2.05, 4.69) is 20.8 Å². The number of amides is 2. The molecule has 0 radical (unpaired) electrons. The lowest BCUT2D eigenvalue weighted by Crippen LogP contribution is -2.43. The number of rotatable bonds is 6. The first-order valence-corrected chi connectivity index (χ1v) is 9.46. The Labute approximate surface area is 173 Å². The molecule has 0 aliphatic rings. The van der Waals surface area contributed by atoms with Gasteiger partial charge >= 0.3 is 0 Å². The molecule has 0 atom stereocenters. The van der Waals surface area contributed by atoms with Crippen molar-refractivity contribution in [3.63, 3.8) is 0 Å². The molecule has 0 saturated heterocycles. The average Bonchev–Trinajstić information content (AvgIpc) is 3.25. The number of imidazole rings is 1. The largest absolute Gasteiger partial charge is 0.483 e. The van der Waals surface area contributed by atoms with Gasteiger partial charge in [0.2, 0.25) is 0 Å². The number of carbonyl (C=O) groups excluding carboxylic acids is 2. The van der Waals surface area contributed by atoms with Crippen molar-refractivity contribution in [1.82, 2.24) is 20.8 Å². The van der Waals surface area contributed by atoms with Crippen molar-refractivity contribution in [3.8, 4) is 5.75 Å². The molecule has 3 N–H and O–H groups in total. The molecule has 0 aliphatic carbocycles. The van der Waals surface area contributed by atoms with Crippen LogP contribution in [0.1, 0.15) is 21.5 Å². The van der Waals surface area contributed by atoms with E-state index in [-0.39, 0.29) is 6.61 Å². The zero-order chi connectivity index (χ0) is 20.8. The monoisotopic (exact) mass is 400 g/mol. The third kappa shape index (κ3) is 4.64. The van der Waals surface area contributed by atoms with Gasteiger partial charge in [-0.05, 0) is 35.4 Å². The normalized spacial score (nSPS) is 10.5. The molecule has 1 heterocycles. The fourth-order valence-electron chi connectivity index (χ4n) is 3.06. The van der Waals surface area contributed by atoms with Crippen molar-refractivity contribution >= 4 is 22.8 Å². The number of nitrogens with zero attached hydrogens (tertiary/aromatic N) is 1. The van der Waals surface area contributed by atoms with E-state index < -0.39 is 11.8 Å². The van der Waals surface area contributed by atoms with Gasteiger partial charge in [-0.25, -0.2) is 4.98 Å². The van der Waals surface area contributed by atoms with Gasteiger partial charge in [-0.3, -0.25) is 20.4 Å². The zero-order valence-corrected chi connectivity index (χ0v) is 16.1. The number of hydrazine groups is 1. The van der Waals surface area contributed by atoms with Crippen LogP contribution in [0.5, 0.6) is 5.75 Å². The molecule has 0 unspecified atom stereocenters. The summed E-state index contributed by atoms with van der Waals surface area (Å²) in [6.07, 6.45) is 2.26. The summed E-state index contributed by atoms with van der Waals surface area (Å²) < 4.78 is 5.68. The van der Waals surface area contributed by atoms with Crippen molar-refractivity contribution in [1.29, 1.82) is 0 Å². The summed E-state index contributed by atoms with van der Waals surface area (Å²) in [5.74, 6) is -0.252. The van der Waals surface area contributed by atoms with Crippen molar-refractivity contribution in [2.24, 2.45) is 0 Å². The summed E-state index contributed by atoms with van der Waals surface area (Å²) in [5, 5.41) is 0. The molecule has 4 rings (SSSR count). The molecular weight excluding hydrogens is 380 g/mol. The van der Waals surface area contributed by atoms with Crippen molar-refractivity contribution in [2.45, 2.75) is 6.42 Å². The first-order chi connectivity index (χ1) is 14.7. The smallest absolute Gasteiger partial charge is 0.276 e. The number of fused-ring (bicyclic) bond motifs is 1. The molecule has 4 aromatic rings. The number of aromatic amines is 1. The second kappa shape index (κ2) is 8.91. The predicted molar refractivity (Wildman–Crippen MR) is 113 cm³/mol. The minimum absolute atomic E-state index is 0.217. The van der Waals surface area contributed by atoms with E-state index in [4.69, 9.17) is 4.74 Å². The molecule has 0 aliphatic heterocycles. The number of benzene rings is 3. The summed E-state index contributed by atoms with van der Waals surface area (Å²) in [7, 11) is 0. The van der Waals surface area contributed by atoms with Gasteiger partial charge in [0, 0.05) is 12.0 Å². The number of aromatic nitrogens is 2. The first-order valence-electron chi connectivity index (χ1n) is 9.46. The van der Waals surface area contributed by atoms with Crippen LogP contribution >= 0.6 is 0 Å². The third-order valence-electron chi connectivity index (χ3n) is 4.57. The summed E-state index contributed by atoms with van der Waals surface area (Å²) in [6.45, 7) is -0.217. The summed E-state index contributed by atoms with van der Waals surface area (Å²) in [4.78, 5) is 31.4. The molecule has 2 amide bonds. The summed E-state index contributed by atoms with van der Waals surface area (Å²) >= 11 is 0. The van der Waals surface area contributed by atoms with Gasteiger partial charge in [-0.1, -0.05) is 48.5 Å². The molecule has 3 aromatic carbocycles. The van der Waals surface area contributed by atoms with Crippen LogP contribution in [0.15, 0.2) is 79.1 Å². The Bertz CT molecular complexity index is 1170. The van der Waals surface area contributed by atoms with Crippen LogP contribution in [0, 0.1) is 0 Å². The maximum Gasteiger partial charge on any atom is 0.276 e. The summed E-state index contributed by atoms with van der Waals surface area (Å²) in [6, 6.07) is 22.6. The molecule has 30 heavy (non-hydrogen) atoms. The maximum atomic E-state index is 12.2. The number of nitrogens with one attached hydrogen (secondary N) is 3. The molecule has 0 spiro atoms. The van der Waals surface area contributed by atoms with Crippen molar-refractivity contribution in [2.75, 3.05) is 6.61 Å².